The van der Waals surface area contributed by atoms with Gasteiger partial charge in [-0.25, -0.2) is 0 Å². The second-order valence-electron chi connectivity index (χ2n) is 6.74. The van der Waals surface area contributed by atoms with Crippen LogP contribution in [-0.4, -0.2) is 28.1 Å². The zero-order valence-corrected chi connectivity index (χ0v) is 14.8. The summed E-state index contributed by atoms with van der Waals surface area (Å²) in [5.74, 6) is -0.482. The topological polar surface area (TPSA) is 74.6 Å². The molecule has 0 saturated carbocycles. The van der Waals surface area contributed by atoms with Crippen molar-refractivity contribution in [3.8, 4) is 0 Å². The number of unbranched alkanes of at least 4 members (excludes halogenated alkanes) is 5. The number of carboxylic acid groups (broad SMARTS) is 1. The monoisotopic (exact) mass is 336 g/mol. The molecule has 1 rings (SSSR count). The zero-order chi connectivity index (χ0) is 17.8. The van der Waals surface area contributed by atoms with Crippen molar-refractivity contribution in [2.24, 2.45) is 11.8 Å². The van der Waals surface area contributed by atoms with E-state index in [1.54, 1.807) is 6.08 Å². The minimum absolute atomic E-state index is 0.0106. The van der Waals surface area contributed by atoms with E-state index in [9.17, 15) is 14.7 Å². The van der Waals surface area contributed by atoms with Gasteiger partial charge in [0.15, 0.2) is 5.78 Å². The number of aliphatic hydroxyl groups is 1. The molecule has 0 heterocycles. The number of aliphatic carboxylic acids is 1. The van der Waals surface area contributed by atoms with E-state index in [1.165, 1.54) is 0 Å². The number of hydrogen-bond acceptors (Lipinski definition) is 3. The molecule has 1 unspecified atom stereocenters. The van der Waals surface area contributed by atoms with E-state index in [1.807, 2.05) is 18.2 Å². The normalized spacial score (nSPS) is 21.7. The maximum Gasteiger partial charge on any atom is 0.303 e. The van der Waals surface area contributed by atoms with Gasteiger partial charge in [-0.15, -0.1) is 0 Å². The molecule has 0 fully saturated rings. The van der Waals surface area contributed by atoms with Crippen LogP contribution in [0.5, 0.6) is 0 Å². The van der Waals surface area contributed by atoms with E-state index in [0.29, 0.717) is 6.42 Å². The fraction of sp³-hybridized carbons (Fsp3) is 0.700. The molecule has 0 aromatic heterocycles. The summed E-state index contributed by atoms with van der Waals surface area (Å²) in [5.41, 5.74) is 0. The van der Waals surface area contributed by atoms with Crippen LogP contribution in [0.4, 0.5) is 0 Å². The molecule has 3 atom stereocenters. The first-order valence-corrected chi connectivity index (χ1v) is 9.34. The Kier molecular flexibility index (Phi) is 10.3. The predicted octanol–water partition coefficient (Wildman–Crippen LogP) is 4.28. The van der Waals surface area contributed by atoms with E-state index >= 15 is 0 Å². The van der Waals surface area contributed by atoms with Crippen LogP contribution in [0.3, 0.4) is 0 Å². The molecule has 0 aliphatic heterocycles. The number of ketones is 1. The zero-order valence-electron chi connectivity index (χ0n) is 14.8. The van der Waals surface area contributed by atoms with E-state index in [0.717, 1.165) is 51.4 Å². The van der Waals surface area contributed by atoms with Crippen LogP contribution in [0.1, 0.15) is 71.1 Å². The van der Waals surface area contributed by atoms with Crippen LogP contribution in [0.2, 0.25) is 0 Å². The molecule has 1 aliphatic rings. The minimum atomic E-state index is -0.743. The van der Waals surface area contributed by atoms with Crippen molar-refractivity contribution < 1.29 is 19.8 Å². The molecular formula is C20H32O4. The molecule has 4 heteroatoms. The summed E-state index contributed by atoms with van der Waals surface area (Å²) in [6.07, 6.45) is 15.7. The predicted molar refractivity (Wildman–Crippen MR) is 95.8 cm³/mol. The van der Waals surface area contributed by atoms with Crippen LogP contribution in [-0.2, 0) is 9.59 Å². The van der Waals surface area contributed by atoms with Crippen molar-refractivity contribution in [3.63, 3.8) is 0 Å². The summed E-state index contributed by atoms with van der Waals surface area (Å²) >= 11 is 0. The molecule has 24 heavy (non-hydrogen) atoms. The van der Waals surface area contributed by atoms with Crippen molar-refractivity contribution in [2.75, 3.05) is 0 Å². The number of hydrogen-bond donors (Lipinski definition) is 2. The molecule has 4 nitrogen and oxygen atoms in total. The highest BCUT2D eigenvalue weighted by Gasteiger charge is 2.27. The highest BCUT2D eigenvalue weighted by atomic mass is 16.4. The summed E-state index contributed by atoms with van der Waals surface area (Å²) in [4.78, 5) is 22.4. The van der Waals surface area contributed by atoms with E-state index in [4.69, 9.17) is 5.11 Å². The van der Waals surface area contributed by atoms with Gasteiger partial charge in [0, 0.05) is 18.3 Å². The van der Waals surface area contributed by atoms with Gasteiger partial charge in [0.25, 0.3) is 0 Å². The third-order valence-corrected chi connectivity index (χ3v) is 4.63. The Morgan fingerprint density at radius 1 is 1.21 bits per heavy atom. The van der Waals surface area contributed by atoms with Gasteiger partial charge in [-0.3, -0.25) is 9.59 Å². The molecule has 0 amide bonds. The Balaban J connectivity index is 2.29. The largest absolute Gasteiger partial charge is 0.481 e. The fourth-order valence-electron chi connectivity index (χ4n) is 3.14. The minimum Gasteiger partial charge on any atom is -0.481 e. The van der Waals surface area contributed by atoms with Gasteiger partial charge in [0.1, 0.15) is 0 Å². The lowest BCUT2D eigenvalue weighted by molar-refractivity contribution is -0.137. The van der Waals surface area contributed by atoms with Crippen molar-refractivity contribution in [2.45, 2.75) is 77.2 Å². The van der Waals surface area contributed by atoms with Crippen molar-refractivity contribution >= 4 is 11.8 Å². The van der Waals surface area contributed by atoms with Crippen molar-refractivity contribution in [1.82, 2.24) is 0 Å². The molecule has 0 aromatic rings. The highest BCUT2D eigenvalue weighted by molar-refractivity contribution is 5.94. The maximum absolute atomic E-state index is 12.0. The van der Waals surface area contributed by atoms with Gasteiger partial charge < -0.3 is 10.2 Å². The molecule has 136 valence electrons. The molecule has 0 spiro atoms. The van der Waals surface area contributed by atoms with Gasteiger partial charge in [-0.05, 0) is 25.3 Å². The van der Waals surface area contributed by atoms with E-state index < -0.39 is 12.1 Å². The van der Waals surface area contributed by atoms with E-state index in [2.05, 4.69) is 6.92 Å². The van der Waals surface area contributed by atoms with Crippen LogP contribution in [0, 0.1) is 11.8 Å². The molecule has 0 saturated heterocycles. The summed E-state index contributed by atoms with van der Waals surface area (Å²) in [6, 6.07) is 0. The molecular weight excluding hydrogens is 304 g/mol. The summed E-state index contributed by atoms with van der Waals surface area (Å²) in [6.45, 7) is 2.14. The Hall–Kier alpha value is -1.42. The van der Waals surface area contributed by atoms with E-state index in [-0.39, 0.29) is 24.0 Å². The highest BCUT2D eigenvalue weighted by Crippen LogP contribution is 2.29. The van der Waals surface area contributed by atoms with Crippen molar-refractivity contribution in [1.29, 1.82) is 0 Å². The molecule has 0 aromatic carbocycles. The number of carbonyl (C=O) groups excluding carboxylic acids is 1. The second kappa shape index (κ2) is 12.0. The Morgan fingerprint density at radius 2 is 1.96 bits per heavy atom. The lowest BCUT2D eigenvalue weighted by Crippen LogP contribution is -2.15. The second-order valence-corrected chi connectivity index (χ2v) is 6.74. The maximum atomic E-state index is 12.0. The first-order valence-electron chi connectivity index (χ1n) is 9.34. The number of aliphatic hydroxyl groups excluding tert-OH is 1. The number of allylic oxidation sites excluding steroid dienone is 3. The third kappa shape index (κ3) is 8.44. The smallest absolute Gasteiger partial charge is 0.303 e. The lowest BCUT2D eigenvalue weighted by Gasteiger charge is -2.15. The summed E-state index contributed by atoms with van der Waals surface area (Å²) in [7, 11) is 0. The van der Waals surface area contributed by atoms with Gasteiger partial charge in [0.2, 0.25) is 0 Å². The van der Waals surface area contributed by atoms with Gasteiger partial charge in [0.05, 0.1) is 6.10 Å². The molecule has 0 bridgehead atoms. The molecule has 2 N–H and O–H groups in total. The summed E-state index contributed by atoms with van der Waals surface area (Å²) < 4.78 is 0. The molecule has 0 radical (unpaired) electrons. The summed E-state index contributed by atoms with van der Waals surface area (Å²) in [5, 5.41) is 18.6. The lowest BCUT2D eigenvalue weighted by atomic mass is 9.88. The Labute approximate surface area is 145 Å². The van der Waals surface area contributed by atoms with Gasteiger partial charge in [-0.1, -0.05) is 63.7 Å². The van der Waals surface area contributed by atoms with Gasteiger partial charge in [-0.2, -0.15) is 0 Å². The SMILES string of the molecule is CCCCC[C@H](O)/C=C/C1C=CC(=O)[C@@H]1CCCCCCC(=O)O. The van der Waals surface area contributed by atoms with Crippen LogP contribution in [0.25, 0.3) is 0 Å². The number of carboxylic acids is 1. The standard InChI is InChI=1S/C20H32O4/c1-2-3-6-9-17(21)14-12-16-13-15-19(22)18(16)10-7-4-5-8-11-20(23)24/h12-18,21H,2-11H2,1H3,(H,23,24)/b14-12+/t16?,17-,18+/m0/s1. The quantitative estimate of drug-likeness (QED) is 0.389. The van der Waals surface area contributed by atoms with Gasteiger partial charge >= 0.3 is 5.97 Å². The fourth-order valence-corrected chi connectivity index (χ4v) is 3.14. The average molecular weight is 336 g/mol. The molecule has 1 aliphatic carbocycles. The van der Waals surface area contributed by atoms with Crippen LogP contribution < -0.4 is 0 Å². The first kappa shape index (κ1) is 20.6. The van der Waals surface area contributed by atoms with Crippen molar-refractivity contribution in [3.05, 3.63) is 24.3 Å². The van der Waals surface area contributed by atoms with Crippen LogP contribution >= 0.6 is 0 Å². The number of carbonyl (C=O) groups is 2. The average Bonchev–Trinajstić information content (AvgIpc) is 2.89. The van der Waals surface area contributed by atoms with Crippen LogP contribution in [0.15, 0.2) is 24.3 Å². The Morgan fingerprint density at radius 3 is 2.67 bits per heavy atom. The first-order chi connectivity index (χ1) is 11.5. The number of rotatable bonds is 13. The third-order valence-electron chi connectivity index (χ3n) is 4.63. The Bertz CT molecular complexity index is 439.